The summed E-state index contributed by atoms with van der Waals surface area (Å²) < 4.78 is 11.7. The maximum Gasteiger partial charge on any atom is 0.329 e. The molecular formula is C25H28N2O5. The number of aromatic nitrogens is 2. The van der Waals surface area contributed by atoms with Gasteiger partial charge >= 0.3 is 5.69 Å². The molecule has 2 aromatic carbocycles. The molecule has 0 aliphatic heterocycles. The fourth-order valence-electron chi connectivity index (χ4n) is 3.83. The number of aromatic amines is 1. The van der Waals surface area contributed by atoms with Gasteiger partial charge in [-0.25, -0.2) is 4.79 Å². The smallest absolute Gasteiger partial charge is 0.329 e. The van der Waals surface area contributed by atoms with E-state index in [2.05, 4.69) is 4.98 Å². The van der Waals surface area contributed by atoms with E-state index in [-0.39, 0.29) is 29.5 Å². The standard InChI is InChI=1S/C25H28N2O5/c1-14(2)21-22(23(28)18-8-15(3)7-16(4)9-18)26-25(30)27(24(21)29)13-17-10-19(31-5)12-20(11-17)32-6/h7-12,14H,13H2,1-6H3,(H,26,30). The molecule has 0 saturated carbocycles. The van der Waals surface area contributed by atoms with Crippen LogP contribution in [0.3, 0.4) is 0 Å². The Morgan fingerprint density at radius 2 is 1.50 bits per heavy atom. The van der Waals surface area contributed by atoms with Gasteiger partial charge in [0.1, 0.15) is 11.5 Å². The molecule has 7 heteroatoms. The van der Waals surface area contributed by atoms with Gasteiger partial charge in [-0.3, -0.25) is 14.2 Å². The molecule has 7 nitrogen and oxygen atoms in total. The number of ether oxygens (including phenoxy) is 2. The third-order valence-electron chi connectivity index (χ3n) is 5.26. The first kappa shape index (κ1) is 23.1. The fourth-order valence-corrected chi connectivity index (χ4v) is 3.83. The Bertz CT molecular complexity index is 1240. The first-order valence-corrected chi connectivity index (χ1v) is 10.4. The molecule has 0 spiro atoms. The second kappa shape index (κ2) is 9.26. The molecule has 0 aliphatic carbocycles. The first-order valence-electron chi connectivity index (χ1n) is 10.4. The van der Waals surface area contributed by atoms with Gasteiger partial charge in [-0.2, -0.15) is 0 Å². The molecule has 0 atom stereocenters. The predicted octanol–water partition coefficient (Wildman–Crippen LogP) is 3.57. The van der Waals surface area contributed by atoms with Gasteiger partial charge in [0, 0.05) is 17.2 Å². The van der Waals surface area contributed by atoms with E-state index in [4.69, 9.17) is 9.47 Å². The highest BCUT2D eigenvalue weighted by atomic mass is 16.5. The van der Waals surface area contributed by atoms with Crippen molar-refractivity contribution in [1.82, 2.24) is 9.55 Å². The van der Waals surface area contributed by atoms with E-state index < -0.39 is 11.2 Å². The number of hydrogen-bond donors (Lipinski definition) is 1. The molecule has 0 aliphatic rings. The molecular weight excluding hydrogens is 408 g/mol. The summed E-state index contributed by atoms with van der Waals surface area (Å²) in [6.45, 7) is 7.46. The van der Waals surface area contributed by atoms with E-state index in [1.807, 2.05) is 33.8 Å². The van der Waals surface area contributed by atoms with E-state index >= 15 is 0 Å². The lowest BCUT2D eigenvalue weighted by Gasteiger charge is -2.15. The average molecular weight is 437 g/mol. The van der Waals surface area contributed by atoms with Crippen LogP contribution in [-0.4, -0.2) is 29.6 Å². The number of rotatable bonds is 7. The molecule has 0 fully saturated rings. The Balaban J connectivity index is 2.14. The minimum absolute atomic E-state index is 0.0134. The van der Waals surface area contributed by atoms with Crippen LogP contribution in [0.25, 0.3) is 0 Å². The number of carbonyl (C=O) groups excluding carboxylic acids is 1. The fraction of sp³-hybridized carbons (Fsp3) is 0.320. The Hall–Kier alpha value is -3.61. The molecule has 3 aromatic rings. The second-order valence-corrected chi connectivity index (χ2v) is 8.19. The molecule has 0 bridgehead atoms. The molecule has 1 N–H and O–H groups in total. The molecule has 32 heavy (non-hydrogen) atoms. The zero-order chi connectivity index (χ0) is 23.6. The molecule has 0 unspecified atom stereocenters. The minimum atomic E-state index is -0.645. The highest BCUT2D eigenvalue weighted by molar-refractivity contribution is 6.08. The maximum atomic E-state index is 13.4. The SMILES string of the molecule is COc1cc(Cn2c(=O)[nH]c(C(=O)c3cc(C)cc(C)c3)c(C(C)C)c2=O)cc(OC)c1. The minimum Gasteiger partial charge on any atom is -0.497 e. The Labute approximate surface area is 186 Å². The van der Waals surface area contributed by atoms with Gasteiger partial charge in [-0.1, -0.05) is 31.0 Å². The second-order valence-electron chi connectivity index (χ2n) is 8.19. The predicted molar refractivity (Wildman–Crippen MR) is 123 cm³/mol. The van der Waals surface area contributed by atoms with Crippen molar-refractivity contribution in [2.75, 3.05) is 14.2 Å². The largest absolute Gasteiger partial charge is 0.497 e. The summed E-state index contributed by atoms with van der Waals surface area (Å²) in [6, 6.07) is 10.7. The maximum absolute atomic E-state index is 13.4. The van der Waals surface area contributed by atoms with Crippen LogP contribution in [0.15, 0.2) is 46.0 Å². The summed E-state index contributed by atoms with van der Waals surface area (Å²) >= 11 is 0. The van der Waals surface area contributed by atoms with E-state index in [1.54, 1.807) is 30.3 Å². The van der Waals surface area contributed by atoms with Gasteiger partial charge in [0.15, 0.2) is 0 Å². The number of ketones is 1. The number of nitrogens with zero attached hydrogens (tertiary/aromatic N) is 1. The van der Waals surface area contributed by atoms with Gasteiger partial charge in [0.2, 0.25) is 5.78 Å². The molecule has 1 aromatic heterocycles. The van der Waals surface area contributed by atoms with Gasteiger partial charge < -0.3 is 14.5 Å². The topological polar surface area (TPSA) is 90.4 Å². The van der Waals surface area contributed by atoms with Crippen molar-refractivity contribution in [1.29, 1.82) is 0 Å². The van der Waals surface area contributed by atoms with Crippen molar-refractivity contribution < 1.29 is 14.3 Å². The van der Waals surface area contributed by atoms with Crippen LogP contribution in [0.2, 0.25) is 0 Å². The van der Waals surface area contributed by atoms with Crippen molar-refractivity contribution in [3.63, 3.8) is 0 Å². The number of H-pyrrole nitrogens is 1. The first-order chi connectivity index (χ1) is 15.1. The van der Waals surface area contributed by atoms with Crippen molar-refractivity contribution in [3.05, 3.63) is 90.7 Å². The molecule has 3 rings (SSSR count). The number of hydrogen-bond acceptors (Lipinski definition) is 5. The van der Waals surface area contributed by atoms with Crippen LogP contribution in [0.1, 0.15) is 58.1 Å². The van der Waals surface area contributed by atoms with Gasteiger partial charge in [-0.15, -0.1) is 0 Å². The van der Waals surface area contributed by atoms with E-state index in [1.165, 1.54) is 14.2 Å². The van der Waals surface area contributed by atoms with Gasteiger partial charge in [-0.05, 0) is 49.6 Å². The summed E-state index contributed by atoms with van der Waals surface area (Å²) in [7, 11) is 3.06. The highest BCUT2D eigenvalue weighted by Gasteiger charge is 2.23. The number of aryl methyl sites for hydroxylation is 2. The van der Waals surface area contributed by atoms with Gasteiger partial charge in [0.25, 0.3) is 5.56 Å². The van der Waals surface area contributed by atoms with Crippen LogP contribution in [0.4, 0.5) is 0 Å². The number of nitrogens with one attached hydrogen (secondary N) is 1. The quantitative estimate of drug-likeness (QED) is 0.572. The summed E-state index contributed by atoms with van der Waals surface area (Å²) in [6.07, 6.45) is 0. The zero-order valence-corrected chi connectivity index (χ0v) is 19.2. The van der Waals surface area contributed by atoms with E-state index in [9.17, 15) is 14.4 Å². The number of benzene rings is 2. The highest BCUT2D eigenvalue weighted by Crippen LogP contribution is 2.23. The van der Waals surface area contributed by atoms with Crippen LogP contribution in [0.5, 0.6) is 11.5 Å². The number of carbonyl (C=O) groups is 1. The molecule has 0 saturated heterocycles. The van der Waals surface area contributed by atoms with Crippen LogP contribution in [0, 0.1) is 13.8 Å². The summed E-state index contributed by atoms with van der Waals surface area (Å²) in [5.74, 6) is 0.462. The lowest BCUT2D eigenvalue weighted by Crippen LogP contribution is -2.40. The third-order valence-corrected chi connectivity index (χ3v) is 5.26. The molecule has 1 heterocycles. The van der Waals surface area contributed by atoms with Crippen LogP contribution >= 0.6 is 0 Å². The molecule has 0 amide bonds. The molecule has 168 valence electrons. The van der Waals surface area contributed by atoms with E-state index in [0.717, 1.165) is 15.7 Å². The van der Waals surface area contributed by atoms with Crippen molar-refractivity contribution in [2.24, 2.45) is 0 Å². The average Bonchev–Trinajstić information content (AvgIpc) is 2.74. The Kier molecular flexibility index (Phi) is 6.67. The lowest BCUT2D eigenvalue weighted by atomic mass is 9.95. The summed E-state index contributed by atoms with van der Waals surface area (Å²) in [4.78, 5) is 42.2. The van der Waals surface area contributed by atoms with Crippen molar-refractivity contribution >= 4 is 5.78 Å². The molecule has 0 radical (unpaired) electrons. The third kappa shape index (κ3) is 4.66. The van der Waals surface area contributed by atoms with E-state index in [0.29, 0.717) is 22.6 Å². The summed E-state index contributed by atoms with van der Waals surface area (Å²) in [5.41, 5.74) is 2.16. The van der Waals surface area contributed by atoms with Crippen LogP contribution < -0.4 is 20.7 Å². The van der Waals surface area contributed by atoms with Gasteiger partial charge in [0.05, 0.1) is 26.5 Å². The van der Waals surface area contributed by atoms with Crippen LogP contribution in [-0.2, 0) is 6.54 Å². The summed E-state index contributed by atoms with van der Waals surface area (Å²) in [5, 5.41) is 0. The lowest BCUT2D eigenvalue weighted by molar-refractivity contribution is 0.103. The monoisotopic (exact) mass is 436 g/mol. The zero-order valence-electron chi connectivity index (χ0n) is 19.2. The number of methoxy groups -OCH3 is 2. The van der Waals surface area contributed by atoms with Crippen molar-refractivity contribution in [2.45, 2.75) is 40.2 Å². The Morgan fingerprint density at radius 3 is 2.00 bits per heavy atom. The Morgan fingerprint density at radius 1 is 0.938 bits per heavy atom. The normalized spacial score (nSPS) is 11.0. The van der Waals surface area contributed by atoms with Crippen molar-refractivity contribution in [3.8, 4) is 11.5 Å².